The molecule has 0 aliphatic rings. The van der Waals surface area contributed by atoms with Gasteiger partial charge < -0.3 is 10.6 Å². The molecule has 1 amide bonds. The van der Waals surface area contributed by atoms with Crippen molar-refractivity contribution < 1.29 is 13.2 Å². The summed E-state index contributed by atoms with van der Waals surface area (Å²) in [5.41, 5.74) is 1.19. The van der Waals surface area contributed by atoms with E-state index in [9.17, 15) is 13.2 Å². The minimum absolute atomic E-state index is 0.105. The second-order valence-electron chi connectivity index (χ2n) is 9.12. The van der Waals surface area contributed by atoms with E-state index in [1.54, 1.807) is 36.4 Å². The predicted molar refractivity (Wildman–Crippen MR) is 154 cm³/mol. The molecule has 198 valence electrons. The lowest BCUT2D eigenvalue weighted by molar-refractivity contribution is -0.119. The van der Waals surface area contributed by atoms with Crippen molar-refractivity contribution in [3.8, 4) is 0 Å². The van der Waals surface area contributed by atoms with Gasteiger partial charge in [0.1, 0.15) is 0 Å². The molecule has 0 fully saturated rings. The van der Waals surface area contributed by atoms with Crippen LogP contribution in [0.15, 0.2) is 59.5 Å². The molecule has 0 aromatic heterocycles. The van der Waals surface area contributed by atoms with Gasteiger partial charge in [-0.2, -0.15) is 0 Å². The Bertz CT molecular complexity index is 1030. The second kappa shape index (κ2) is 16.3. The molecule has 2 aromatic rings. The molecule has 8 heteroatoms. The number of carbonyl (C=O) groups is 1. The quantitative estimate of drug-likeness (QED) is 0.180. The topological polar surface area (TPSA) is 78.5 Å². The largest absolute Gasteiger partial charge is 0.332 e. The SMILES string of the molecule is CCCCCCCCCCCCCC(=O)NC(=S)Nc1ccc(S(=O)(=O)N(C)c2ccccc2)cc1. The van der Waals surface area contributed by atoms with Crippen LogP contribution in [-0.4, -0.2) is 26.5 Å². The molecule has 6 nitrogen and oxygen atoms in total. The zero-order chi connectivity index (χ0) is 26.2. The Labute approximate surface area is 222 Å². The number of unbranched alkanes of at least 4 members (excludes halogenated alkanes) is 10. The number of rotatable bonds is 16. The lowest BCUT2D eigenvalue weighted by Gasteiger charge is -2.19. The maximum absolute atomic E-state index is 12.9. The summed E-state index contributed by atoms with van der Waals surface area (Å²) in [5, 5.41) is 5.86. The molecule has 0 spiro atoms. The molecule has 0 radical (unpaired) electrons. The maximum Gasteiger partial charge on any atom is 0.264 e. The molecule has 0 saturated heterocycles. The Balaban J connectivity index is 1.65. The first-order chi connectivity index (χ1) is 17.3. The molecule has 2 aromatic carbocycles. The van der Waals surface area contributed by atoms with Crippen molar-refractivity contribution >= 4 is 44.6 Å². The molecule has 2 N–H and O–H groups in total. The van der Waals surface area contributed by atoms with Gasteiger partial charge in [0.25, 0.3) is 10.0 Å². The maximum atomic E-state index is 12.9. The van der Waals surface area contributed by atoms with E-state index in [1.807, 2.05) is 6.07 Å². The van der Waals surface area contributed by atoms with Crippen molar-refractivity contribution in [3.63, 3.8) is 0 Å². The van der Waals surface area contributed by atoms with Gasteiger partial charge in [-0.1, -0.05) is 89.3 Å². The van der Waals surface area contributed by atoms with Crippen molar-refractivity contribution in [3.05, 3.63) is 54.6 Å². The number of benzene rings is 2. The average molecular weight is 532 g/mol. The lowest BCUT2D eigenvalue weighted by atomic mass is 10.1. The minimum atomic E-state index is -3.68. The summed E-state index contributed by atoms with van der Waals surface area (Å²) in [5.74, 6) is -0.105. The molecular formula is C28H41N3O3S2. The first-order valence-electron chi connectivity index (χ1n) is 13.1. The Morgan fingerprint density at radius 1 is 0.806 bits per heavy atom. The minimum Gasteiger partial charge on any atom is -0.332 e. The van der Waals surface area contributed by atoms with E-state index in [0.29, 0.717) is 17.8 Å². The first kappa shape index (κ1) is 29.8. The molecule has 0 unspecified atom stereocenters. The Morgan fingerprint density at radius 3 is 1.89 bits per heavy atom. The lowest BCUT2D eigenvalue weighted by Crippen LogP contribution is -2.33. The van der Waals surface area contributed by atoms with Gasteiger partial charge in [-0.05, 0) is 55.0 Å². The third-order valence-electron chi connectivity index (χ3n) is 6.15. The van der Waals surface area contributed by atoms with Gasteiger partial charge in [0, 0.05) is 19.2 Å². The summed E-state index contributed by atoms with van der Waals surface area (Å²) < 4.78 is 27.0. The highest BCUT2D eigenvalue weighted by atomic mass is 32.2. The number of sulfonamides is 1. The van der Waals surface area contributed by atoms with Gasteiger partial charge in [-0.25, -0.2) is 8.42 Å². The van der Waals surface area contributed by atoms with Gasteiger partial charge >= 0.3 is 0 Å². The van der Waals surface area contributed by atoms with E-state index in [1.165, 1.54) is 81.3 Å². The molecule has 0 saturated carbocycles. The standard InChI is InChI=1S/C28H41N3O3S2/c1-3-4-5-6-7-8-9-10-11-12-16-19-27(32)30-28(35)29-24-20-22-26(23-21-24)36(33,34)31(2)25-17-14-13-15-18-25/h13-15,17-18,20-23H,3-12,16,19H2,1-2H3,(H2,29,30,32,35). The number of thiocarbonyl (C=S) groups is 1. The van der Waals surface area contributed by atoms with Crippen molar-refractivity contribution in [2.24, 2.45) is 0 Å². The van der Waals surface area contributed by atoms with Crippen LogP contribution >= 0.6 is 12.2 Å². The zero-order valence-corrected chi connectivity index (χ0v) is 23.3. The van der Waals surface area contributed by atoms with Gasteiger partial charge in [0.2, 0.25) is 5.91 Å². The number of hydrogen-bond acceptors (Lipinski definition) is 4. The average Bonchev–Trinajstić information content (AvgIpc) is 2.87. The van der Waals surface area contributed by atoms with Crippen molar-refractivity contribution in [1.29, 1.82) is 0 Å². The number of nitrogens with one attached hydrogen (secondary N) is 2. The summed E-state index contributed by atoms with van der Waals surface area (Å²) in [6.45, 7) is 2.24. The predicted octanol–water partition coefficient (Wildman–Crippen LogP) is 7.03. The van der Waals surface area contributed by atoms with Gasteiger partial charge in [-0.3, -0.25) is 9.10 Å². The number of carbonyl (C=O) groups excluding carboxylic acids is 1. The summed E-state index contributed by atoms with van der Waals surface area (Å²) in [4.78, 5) is 12.3. The molecule has 0 aliphatic carbocycles. The van der Waals surface area contributed by atoms with Crippen LogP contribution in [0.5, 0.6) is 0 Å². The van der Waals surface area contributed by atoms with E-state index in [4.69, 9.17) is 12.2 Å². The molecule has 2 rings (SSSR count). The summed E-state index contributed by atoms with van der Waals surface area (Å²) >= 11 is 5.24. The highest BCUT2D eigenvalue weighted by molar-refractivity contribution is 7.92. The van der Waals surface area contributed by atoms with Crippen molar-refractivity contribution in [1.82, 2.24) is 5.32 Å². The zero-order valence-electron chi connectivity index (χ0n) is 21.7. The number of para-hydroxylation sites is 1. The van der Waals surface area contributed by atoms with Gasteiger partial charge in [0.15, 0.2) is 5.11 Å². The summed E-state index contributed by atoms with van der Waals surface area (Å²) in [6, 6.07) is 15.2. The Kier molecular flexibility index (Phi) is 13.5. The summed E-state index contributed by atoms with van der Waals surface area (Å²) in [7, 11) is -2.15. The van der Waals surface area contributed by atoms with E-state index in [2.05, 4.69) is 17.6 Å². The Morgan fingerprint density at radius 2 is 1.33 bits per heavy atom. The molecule has 0 heterocycles. The number of hydrogen-bond donors (Lipinski definition) is 2. The van der Waals surface area contributed by atoms with Crippen LogP contribution in [0.25, 0.3) is 0 Å². The van der Waals surface area contributed by atoms with Crippen LogP contribution in [-0.2, 0) is 14.8 Å². The van der Waals surface area contributed by atoms with Crippen LogP contribution in [0.1, 0.15) is 84.0 Å². The number of amides is 1. The highest BCUT2D eigenvalue weighted by Gasteiger charge is 2.21. The third kappa shape index (κ3) is 10.7. The molecule has 36 heavy (non-hydrogen) atoms. The van der Waals surface area contributed by atoms with E-state index in [0.717, 1.165) is 12.8 Å². The van der Waals surface area contributed by atoms with Crippen LogP contribution in [0, 0.1) is 0 Å². The van der Waals surface area contributed by atoms with Crippen LogP contribution in [0.4, 0.5) is 11.4 Å². The smallest absolute Gasteiger partial charge is 0.264 e. The molecule has 0 bridgehead atoms. The highest BCUT2D eigenvalue weighted by Crippen LogP contribution is 2.23. The molecule has 0 aliphatic heterocycles. The first-order valence-corrected chi connectivity index (χ1v) is 14.9. The number of nitrogens with zero attached hydrogens (tertiary/aromatic N) is 1. The number of anilines is 2. The normalized spacial score (nSPS) is 11.2. The Hall–Kier alpha value is -2.45. The van der Waals surface area contributed by atoms with Gasteiger partial charge in [0.05, 0.1) is 10.6 Å². The molecule has 0 atom stereocenters. The van der Waals surface area contributed by atoms with Crippen LogP contribution in [0.3, 0.4) is 0 Å². The van der Waals surface area contributed by atoms with E-state index < -0.39 is 10.0 Å². The fourth-order valence-corrected chi connectivity index (χ4v) is 5.37. The monoisotopic (exact) mass is 531 g/mol. The fraction of sp³-hybridized carbons (Fsp3) is 0.500. The van der Waals surface area contributed by atoms with E-state index >= 15 is 0 Å². The summed E-state index contributed by atoms with van der Waals surface area (Å²) in [6.07, 6.45) is 14.1. The van der Waals surface area contributed by atoms with Crippen molar-refractivity contribution in [2.75, 3.05) is 16.7 Å². The fourth-order valence-electron chi connectivity index (χ4n) is 3.95. The third-order valence-corrected chi connectivity index (χ3v) is 8.15. The van der Waals surface area contributed by atoms with Crippen LogP contribution < -0.4 is 14.9 Å². The molecular weight excluding hydrogens is 490 g/mol. The second-order valence-corrected chi connectivity index (χ2v) is 11.5. The van der Waals surface area contributed by atoms with Crippen LogP contribution in [0.2, 0.25) is 0 Å². The van der Waals surface area contributed by atoms with Gasteiger partial charge in [-0.15, -0.1) is 0 Å². The van der Waals surface area contributed by atoms with E-state index in [-0.39, 0.29) is 15.9 Å². The van der Waals surface area contributed by atoms with Crippen molar-refractivity contribution in [2.45, 2.75) is 88.9 Å².